The molecule has 3 heteroatoms. The highest BCUT2D eigenvalue weighted by Crippen LogP contribution is 2.36. The lowest BCUT2D eigenvalue weighted by Gasteiger charge is -2.05. The molecule has 0 unspecified atom stereocenters. The van der Waals surface area contributed by atoms with Crippen molar-refractivity contribution in [1.29, 1.82) is 0 Å². The van der Waals surface area contributed by atoms with Gasteiger partial charge in [-0.15, -0.1) is 0 Å². The Bertz CT molecular complexity index is 483. The van der Waals surface area contributed by atoms with Crippen molar-refractivity contribution in [2.75, 3.05) is 0 Å². The first-order valence-electron chi connectivity index (χ1n) is 5.48. The number of benzene rings is 1. The number of H-pyrrole nitrogens is 1. The van der Waals surface area contributed by atoms with E-state index in [9.17, 15) is 0 Å². The number of halogens is 1. The van der Waals surface area contributed by atoms with Gasteiger partial charge < -0.3 is 0 Å². The summed E-state index contributed by atoms with van der Waals surface area (Å²) in [6.45, 7) is 0. The second-order valence-corrected chi connectivity index (χ2v) is 5.20. The highest BCUT2D eigenvalue weighted by molar-refractivity contribution is 9.10. The Hall–Kier alpha value is -0.830. The van der Waals surface area contributed by atoms with E-state index in [2.05, 4.69) is 44.3 Å². The predicted octanol–water partition coefficient (Wildman–Crippen LogP) is 3.98. The number of hydrogen-bond donors (Lipinski definition) is 1. The zero-order valence-electron chi connectivity index (χ0n) is 8.46. The van der Waals surface area contributed by atoms with Crippen LogP contribution >= 0.6 is 15.9 Å². The van der Waals surface area contributed by atoms with Crippen molar-refractivity contribution in [2.24, 2.45) is 0 Å². The fourth-order valence-corrected chi connectivity index (χ4v) is 2.88. The van der Waals surface area contributed by atoms with Crippen molar-refractivity contribution in [3.05, 3.63) is 28.4 Å². The summed E-state index contributed by atoms with van der Waals surface area (Å²) in [5.74, 6) is 0.705. The number of nitrogens with one attached hydrogen (secondary N) is 1. The first-order chi connectivity index (χ1) is 7.34. The minimum atomic E-state index is 0.705. The van der Waals surface area contributed by atoms with Crippen LogP contribution in [0.25, 0.3) is 10.9 Å². The van der Waals surface area contributed by atoms with Gasteiger partial charge in [0.05, 0.1) is 5.52 Å². The summed E-state index contributed by atoms with van der Waals surface area (Å²) in [5.41, 5.74) is 2.42. The standard InChI is InChI=1S/C12H13BrN2/c13-9-5-6-10-11(7-9)14-15-12(10)8-3-1-2-4-8/h5-8H,1-4H2,(H,14,15). The average molecular weight is 265 g/mol. The lowest BCUT2D eigenvalue weighted by molar-refractivity contribution is 0.698. The Morgan fingerprint density at radius 2 is 2.07 bits per heavy atom. The summed E-state index contributed by atoms with van der Waals surface area (Å²) >= 11 is 3.47. The van der Waals surface area contributed by atoms with E-state index < -0.39 is 0 Å². The fourth-order valence-electron chi connectivity index (χ4n) is 2.53. The van der Waals surface area contributed by atoms with Crippen molar-refractivity contribution >= 4 is 26.8 Å². The molecule has 1 heterocycles. The summed E-state index contributed by atoms with van der Waals surface area (Å²) < 4.78 is 1.10. The molecular weight excluding hydrogens is 252 g/mol. The van der Waals surface area contributed by atoms with Crippen LogP contribution in [-0.2, 0) is 0 Å². The first kappa shape index (κ1) is 9.40. The van der Waals surface area contributed by atoms with Gasteiger partial charge in [-0.2, -0.15) is 5.10 Å². The molecule has 1 aliphatic rings. The molecule has 0 spiro atoms. The Labute approximate surface area is 97.2 Å². The number of nitrogens with zero attached hydrogens (tertiary/aromatic N) is 1. The first-order valence-corrected chi connectivity index (χ1v) is 6.27. The van der Waals surface area contributed by atoms with E-state index in [1.165, 1.54) is 36.8 Å². The monoisotopic (exact) mass is 264 g/mol. The van der Waals surface area contributed by atoms with E-state index >= 15 is 0 Å². The molecule has 0 bridgehead atoms. The van der Waals surface area contributed by atoms with Gasteiger partial charge in [0.25, 0.3) is 0 Å². The molecule has 1 fully saturated rings. The predicted molar refractivity (Wildman–Crippen MR) is 65.0 cm³/mol. The molecule has 0 amide bonds. The molecule has 1 aliphatic carbocycles. The number of aromatic amines is 1. The van der Waals surface area contributed by atoms with Crippen LogP contribution in [0, 0.1) is 0 Å². The lowest BCUT2D eigenvalue weighted by Crippen LogP contribution is -1.92. The topological polar surface area (TPSA) is 28.7 Å². The second kappa shape index (κ2) is 3.63. The third-order valence-electron chi connectivity index (χ3n) is 3.31. The van der Waals surface area contributed by atoms with Gasteiger partial charge in [-0.05, 0) is 31.0 Å². The van der Waals surface area contributed by atoms with Crippen LogP contribution in [-0.4, -0.2) is 10.2 Å². The van der Waals surface area contributed by atoms with Crippen LogP contribution in [0.15, 0.2) is 22.7 Å². The van der Waals surface area contributed by atoms with Crippen molar-refractivity contribution in [3.63, 3.8) is 0 Å². The van der Waals surface area contributed by atoms with Gasteiger partial charge >= 0.3 is 0 Å². The van der Waals surface area contributed by atoms with Crippen LogP contribution < -0.4 is 0 Å². The van der Waals surface area contributed by atoms with Gasteiger partial charge in [-0.25, -0.2) is 0 Å². The molecule has 3 rings (SSSR count). The van der Waals surface area contributed by atoms with Gasteiger partial charge in [0.15, 0.2) is 0 Å². The molecule has 1 aromatic heterocycles. The van der Waals surface area contributed by atoms with Crippen LogP contribution in [0.2, 0.25) is 0 Å². The lowest BCUT2D eigenvalue weighted by atomic mass is 10.0. The molecule has 1 N–H and O–H groups in total. The number of fused-ring (bicyclic) bond motifs is 1. The Balaban J connectivity index is 2.11. The van der Waals surface area contributed by atoms with Crippen molar-refractivity contribution in [1.82, 2.24) is 10.2 Å². The van der Waals surface area contributed by atoms with E-state index in [1.54, 1.807) is 0 Å². The molecule has 0 radical (unpaired) electrons. The fraction of sp³-hybridized carbons (Fsp3) is 0.417. The quantitative estimate of drug-likeness (QED) is 0.829. The van der Waals surface area contributed by atoms with Crippen molar-refractivity contribution in [2.45, 2.75) is 31.6 Å². The van der Waals surface area contributed by atoms with E-state index in [-0.39, 0.29) is 0 Å². The third-order valence-corrected chi connectivity index (χ3v) is 3.80. The van der Waals surface area contributed by atoms with Gasteiger partial charge in [0.1, 0.15) is 0 Å². The van der Waals surface area contributed by atoms with Gasteiger partial charge in [0.2, 0.25) is 0 Å². The van der Waals surface area contributed by atoms with Crippen LogP contribution in [0.5, 0.6) is 0 Å². The maximum absolute atomic E-state index is 4.37. The second-order valence-electron chi connectivity index (χ2n) is 4.28. The molecule has 2 aromatic rings. The summed E-state index contributed by atoms with van der Waals surface area (Å²) in [5, 5.41) is 8.88. The maximum Gasteiger partial charge on any atom is 0.0935 e. The largest absolute Gasteiger partial charge is 0.281 e. The minimum Gasteiger partial charge on any atom is -0.281 e. The zero-order valence-corrected chi connectivity index (χ0v) is 10.0. The summed E-state index contributed by atoms with van der Waals surface area (Å²) in [6, 6.07) is 6.33. The van der Waals surface area contributed by atoms with E-state index in [0.29, 0.717) is 5.92 Å². The normalized spacial score (nSPS) is 17.7. The number of hydrogen-bond acceptors (Lipinski definition) is 1. The van der Waals surface area contributed by atoms with Crippen molar-refractivity contribution in [3.8, 4) is 0 Å². The Morgan fingerprint density at radius 1 is 1.27 bits per heavy atom. The van der Waals surface area contributed by atoms with E-state index in [1.807, 2.05) is 0 Å². The summed E-state index contributed by atoms with van der Waals surface area (Å²) in [6.07, 6.45) is 5.35. The smallest absolute Gasteiger partial charge is 0.0935 e. The summed E-state index contributed by atoms with van der Waals surface area (Å²) in [4.78, 5) is 0. The molecule has 1 aromatic carbocycles. The van der Waals surface area contributed by atoms with Crippen molar-refractivity contribution < 1.29 is 0 Å². The molecule has 2 nitrogen and oxygen atoms in total. The van der Waals surface area contributed by atoms with Crippen LogP contribution in [0.1, 0.15) is 37.3 Å². The Morgan fingerprint density at radius 3 is 2.87 bits per heavy atom. The third kappa shape index (κ3) is 1.59. The molecule has 15 heavy (non-hydrogen) atoms. The molecule has 0 aliphatic heterocycles. The molecule has 1 saturated carbocycles. The van der Waals surface area contributed by atoms with Gasteiger partial charge in [-0.3, -0.25) is 5.10 Å². The van der Waals surface area contributed by atoms with Crippen LogP contribution in [0.4, 0.5) is 0 Å². The molecule has 0 saturated heterocycles. The molecular formula is C12H13BrN2. The number of aromatic nitrogens is 2. The maximum atomic E-state index is 4.37. The Kier molecular flexibility index (Phi) is 2.28. The SMILES string of the molecule is Brc1ccc2c(C3CCCC3)[nH]nc2c1. The van der Waals surface area contributed by atoms with Crippen LogP contribution in [0.3, 0.4) is 0 Å². The highest BCUT2D eigenvalue weighted by Gasteiger charge is 2.20. The van der Waals surface area contributed by atoms with E-state index in [0.717, 1.165) is 9.99 Å². The minimum absolute atomic E-state index is 0.705. The van der Waals surface area contributed by atoms with Gasteiger partial charge in [0, 0.05) is 21.5 Å². The molecule has 0 atom stereocenters. The number of rotatable bonds is 1. The van der Waals surface area contributed by atoms with Gasteiger partial charge in [-0.1, -0.05) is 28.8 Å². The average Bonchev–Trinajstić information content (AvgIpc) is 2.82. The summed E-state index contributed by atoms with van der Waals surface area (Å²) in [7, 11) is 0. The zero-order chi connectivity index (χ0) is 10.3. The van der Waals surface area contributed by atoms with E-state index in [4.69, 9.17) is 0 Å². The highest BCUT2D eigenvalue weighted by atomic mass is 79.9. The molecule has 78 valence electrons.